The summed E-state index contributed by atoms with van der Waals surface area (Å²) in [6, 6.07) is 24.4. The molecule has 0 saturated carbocycles. The van der Waals surface area contributed by atoms with E-state index in [1.807, 2.05) is 49.4 Å². The predicted octanol–water partition coefficient (Wildman–Crippen LogP) is 5.76. The number of amides is 1. The molecule has 0 radical (unpaired) electrons. The quantitative estimate of drug-likeness (QED) is 0.429. The Morgan fingerprint density at radius 2 is 1.78 bits per heavy atom. The van der Waals surface area contributed by atoms with Gasteiger partial charge in [-0.1, -0.05) is 60.7 Å². The fourth-order valence-corrected chi connectivity index (χ4v) is 4.99. The molecule has 0 aliphatic carbocycles. The number of pyridine rings is 1. The van der Waals surface area contributed by atoms with E-state index >= 15 is 0 Å². The molecule has 160 valence electrons. The molecule has 1 fully saturated rings. The number of benzene rings is 2. The summed E-state index contributed by atoms with van der Waals surface area (Å²) in [5, 5.41) is 3.52. The summed E-state index contributed by atoms with van der Waals surface area (Å²) in [5.74, 6) is 1.24. The monoisotopic (exact) mass is 440 g/mol. The molecule has 1 aliphatic rings. The normalized spacial score (nSPS) is 15.7. The van der Waals surface area contributed by atoms with Gasteiger partial charge in [0.25, 0.3) is 5.91 Å². The van der Waals surface area contributed by atoms with Crippen molar-refractivity contribution in [2.75, 3.05) is 23.3 Å². The number of carbonyl (C=O) groups is 1. The Bertz CT molecular complexity index is 1210. The molecule has 2 aromatic heterocycles. The van der Waals surface area contributed by atoms with E-state index in [1.54, 1.807) is 6.20 Å². The van der Waals surface area contributed by atoms with Crippen LogP contribution in [-0.2, 0) is 0 Å². The Morgan fingerprint density at radius 1 is 1.03 bits per heavy atom. The summed E-state index contributed by atoms with van der Waals surface area (Å²) < 4.78 is 0. The number of anilines is 2. The van der Waals surface area contributed by atoms with Crippen LogP contribution >= 0.6 is 11.3 Å². The fourth-order valence-electron chi connectivity index (χ4n) is 4.16. The third-order valence-corrected chi connectivity index (χ3v) is 6.74. The topological polar surface area (TPSA) is 58.1 Å². The fraction of sp³-hybridized carbons (Fsp3) is 0.192. The first-order chi connectivity index (χ1) is 15.7. The zero-order valence-electron chi connectivity index (χ0n) is 17.9. The molecule has 2 aromatic carbocycles. The average molecular weight is 441 g/mol. The van der Waals surface area contributed by atoms with Crippen LogP contribution < -0.4 is 10.2 Å². The molecule has 5 rings (SSSR count). The second kappa shape index (κ2) is 8.93. The zero-order valence-corrected chi connectivity index (χ0v) is 18.7. The lowest BCUT2D eigenvalue weighted by molar-refractivity contribution is 0.102. The number of nitrogens with one attached hydrogen (secondary N) is 1. The van der Waals surface area contributed by atoms with E-state index in [2.05, 4.69) is 50.5 Å². The molecule has 6 heteroatoms. The van der Waals surface area contributed by atoms with Crippen molar-refractivity contribution in [2.45, 2.75) is 19.3 Å². The number of hydrogen-bond donors (Lipinski definition) is 1. The molecular weight excluding hydrogens is 416 g/mol. The molecule has 0 spiro atoms. The molecule has 0 bridgehead atoms. The summed E-state index contributed by atoms with van der Waals surface area (Å²) >= 11 is 1.48. The van der Waals surface area contributed by atoms with Gasteiger partial charge in [-0.05, 0) is 31.0 Å². The Hall–Kier alpha value is -3.51. The summed E-state index contributed by atoms with van der Waals surface area (Å²) in [6.07, 6.45) is 2.76. The van der Waals surface area contributed by atoms with Crippen LogP contribution in [0.3, 0.4) is 0 Å². The number of aryl methyl sites for hydroxylation is 1. The second-order valence-corrected chi connectivity index (χ2v) is 9.19. The standard InChI is InChI=1S/C26H24N4OS/c1-18-24(20-10-6-3-7-11-20)28-26(32-18)29-25(31)21-12-13-23(27-16-21)30-15-14-22(17-30)19-8-4-2-5-9-19/h2-13,16,22H,14-15,17H2,1H3,(H,28,29,31). The van der Waals surface area contributed by atoms with Gasteiger partial charge in [0, 0.05) is 35.6 Å². The minimum Gasteiger partial charge on any atom is -0.356 e. The van der Waals surface area contributed by atoms with Crippen LogP contribution in [0.15, 0.2) is 79.0 Å². The Morgan fingerprint density at radius 3 is 2.50 bits per heavy atom. The van der Waals surface area contributed by atoms with Crippen LogP contribution in [0.5, 0.6) is 0 Å². The number of nitrogens with zero attached hydrogens (tertiary/aromatic N) is 3. The molecule has 5 nitrogen and oxygen atoms in total. The van der Waals surface area contributed by atoms with Crippen LogP contribution in [-0.4, -0.2) is 29.0 Å². The molecule has 1 saturated heterocycles. The zero-order chi connectivity index (χ0) is 21.9. The van der Waals surface area contributed by atoms with Crippen molar-refractivity contribution in [1.82, 2.24) is 9.97 Å². The molecule has 1 N–H and O–H groups in total. The molecule has 1 amide bonds. The number of carbonyl (C=O) groups excluding carboxylic acids is 1. The molecule has 32 heavy (non-hydrogen) atoms. The number of aromatic nitrogens is 2. The predicted molar refractivity (Wildman–Crippen MR) is 130 cm³/mol. The SMILES string of the molecule is Cc1sc(NC(=O)c2ccc(N3CCC(c4ccccc4)C3)nc2)nc1-c1ccccc1. The highest BCUT2D eigenvalue weighted by Gasteiger charge is 2.24. The van der Waals surface area contributed by atoms with Gasteiger partial charge in [0.05, 0.1) is 11.3 Å². The molecular formula is C26H24N4OS. The van der Waals surface area contributed by atoms with Crippen molar-refractivity contribution in [3.05, 3.63) is 95.0 Å². The van der Waals surface area contributed by atoms with Crippen molar-refractivity contribution >= 4 is 28.2 Å². The van der Waals surface area contributed by atoms with Crippen molar-refractivity contribution in [1.29, 1.82) is 0 Å². The van der Waals surface area contributed by atoms with E-state index in [0.29, 0.717) is 16.6 Å². The van der Waals surface area contributed by atoms with E-state index in [0.717, 1.165) is 41.5 Å². The highest BCUT2D eigenvalue weighted by molar-refractivity contribution is 7.16. The summed E-state index contributed by atoms with van der Waals surface area (Å²) in [7, 11) is 0. The van der Waals surface area contributed by atoms with Crippen molar-refractivity contribution < 1.29 is 4.79 Å². The van der Waals surface area contributed by atoms with Crippen molar-refractivity contribution in [2.24, 2.45) is 0 Å². The van der Waals surface area contributed by atoms with E-state index in [4.69, 9.17) is 0 Å². The van der Waals surface area contributed by atoms with Crippen molar-refractivity contribution in [3.63, 3.8) is 0 Å². The third-order valence-electron chi connectivity index (χ3n) is 5.86. The van der Waals surface area contributed by atoms with Crippen LogP contribution in [0, 0.1) is 6.92 Å². The molecule has 3 heterocycles. The summed E-state index contributed by atoms with van der Waals surface area (Å²) in [4.78, 5) is 25.3. The van der Waals surface area contributed by atoms with Gasteiger partial charge in [-0.25, -0.2) is 9.97 Å². The van der Waals surface area contributed by atoms with Crippen LogP contribution in [0.1, 0.15) is 33.1 Å². The van der Waals surface area contributed by atoms with Gasteiger partial charge in [-0.2, -0.15) is 0 Å². The lowest BCUT2D eigenvalue weighted by Crippen LogP contribution is -2.21. The van der Waals surface area contributed by atoms with Gasteiger partial charge in [0.1, 0.15) is 5.82 Å². The lowest BCUT2D eigenvalue weighted by Gasteiger charge is -2.18. The maximum Gasteiger partial charge on any atom is 0.259 e. The Kier molecular flexibility index (Phi) is 5.69. The largest absolute Gasteiger partial charge is 0.356 e. The van der Waals surface area contributed by atoms with Gasteiger partial charge < -0.3 is 4.90 Å². The molecule has 1 atom stereocenters. The molecule has 1 aliphatic heterocycles. The average Bonchev–Trinajstić information content (AvgIpc) is 3.47. The first kappa shape index (κ1) is 20.4. The van der Waals surface area contributed by atoms with Gasteiger partial charge >= 0.3 is 0 Å². The highest BCUT2D eigenvalue weighted by atomic mass is 32.1. The van der Waals surface area contributed by atoms with Gasteiger partial charge in [-0.15, -0.1) is 11.3 Å². The number of rotatable bonds is 5. The summed E-state index contributed by atoms with van der Waals surface area (Å²) in [6.45, 7) is 3.94. The van der Waals surface area contributed by atoms with Crippen LogP contribution in [0.2, 0.25) is 0 Å². The smallest absolute Gasteiger partial charge is 0.259 e. The van der Waals surface area contributed by atoms with E-state index in [-0.39, 0.29) is 5.91 Å². The first-order valence-electron chi connectivity index (χ1n) is 10.8. The van der Waals surface area contributed by atoms with E-state index in [1.165, 1.54) is 16.9 Å². The van der Waals surface area contributed by atoms with E-state index < -0.39 is 0 Å². The van der Waals surface area contributed by atoms with Gasteiger partial charge in [0.2, 0.25) is 0 Å². The number of hydrogen-bond acceptors (Lipinski definition) is 5. The van der Waals surface area contributed by atoms with Gasteiger partial charge in [0.15, 0.2) is 5.13 Å². The minimum atomic E-state index is -0.194. The van der Waals surface area contributed by atoms with Gasteiger partial charge in [-0.3, -0.25) is 10.1 Å². The molecule has 4 aromatic rings. The Balaban J connectivity index is 1.24. The maximum atomic E-state index is 12.7. The van der Waals surface area contributed by atoms with Crippen LogP contribution in [0.25, 0.3) is 11.3 Å². The first-order valence-corrected chi connectivity index (χ1v) is 11.6. The summed E-state index contributed by atoms with van der Waals surface area (Å²) in [5.41, 5.74) is 3.86. The molecule has 1 unspecified atom stereocenters. The van der Waals surface area contributed by atoms with Crippen LogP contribution in [0.4, 0.5) is 10.9 Å². The Labute approximate surface area is 191 Å². The maximum absolute atomic E-state index is 12.7. The minimum absolute atomic E-state index is 0.194. The highest BCUT2D eigenvalue weighted by Crippen LogP contribution is 2.31. The van der Waals surface area contributed by atoms with E-state index in [9.17, 15) is 4.79 Å². The number of thiazole rings is 1. The lowest BCUT2D eigenvalue weighted by atomic mass is 9.99. The van der Waals surface area contributed by atoms with Crippen molar-refractivity contribution in [3.8, 4) is 11.3 Å². The third kappa shape index (κ3) is 4.27. The second-order valence-electron chi connectivity index (χ2n) is 7.99.